The summed E-state index contributed by atoms with van der Waals surface area (Å²) in [5, 5.41) is 0. The highest BCUT2D eigenvalue weighted by molar-refractivity contribution is 5.96. The number of ether oxygens (including phenoxy) is 2. The number of halogens is 1. The van der Waals surface area contributed by atoms with E-state index in [1.807, 2.05) is 24.3 Å². The summed E-state index contributed by atoms with van der Waals surface area (Å²) < 4.78 is 25.4. The summed E-state index contributed by atoms with van der Waals surface area (Å²) in [7, 11) is 3.09. The number of methoxy groups -OCH3 is 2. The Morgan fingerprint density at radius 1 is 0.931 bits per heavy atom. The van der Waals surface area contributed by atoms with Crippen molar-refractivity contribution >= 4 is 5.91 Å². The van der Waals surface area contributed by atoms with Crippen LogP contribution in [0.5, 0.6) is 11.5 Å². The topological polar surface area (TPSA) is 38.8 Å². The summed E-state index contributed by atoms with van der Waals surface area (Å²) in [4.78, 5) is 15.3. The van der Waals surface area contributed by atoms with Crippen LogP contribution in [0.15, 0.2) is 66.7 Å². The minimum atomic E-state index is -0.495. The molecule has 5 heteroatoms. The van der Waals surface area contributed by atoms with Crippen LogP contribution in [0.3, 0.4) is 0 Å². The molecule has 0 saturated heterocycles. The number of hydrogen-bond acceptors (Lipinski definition) is 3. The van der Waals surface area contributed by atoms with E-state index in [1.54, 1.807) is 55.5 Å². The Morgan fingerprint density at radius 3 is 2.21 bits per heavy atom. The lowest BCUT2D eigenvalue weighted by Gasteiger charge is -2.38. The van der Waals surface area contributed by atoms with E-state index >= 15 is 0 Å². The van der Waals surface area contributed by atoms with Crippen molar-refractivity contribution in [3.63, 3.8) is 0 Å². The van der Waals surface area contributed by atoms with Gasteiger partial charge in [0.2, 0.25) is 0 Å². The number of rotatable bonds is 4. The van der Waals surface area contributed by atoms with Gasteiger partial charge in [0.1, 0.15) is 17.3 Å². The van der Waals surface area contributed by atoms with Gasteiger partial charge in [-0.2, -0.15) is 0 Å². The number of carbonyl (C=O) groups is 1. The molecule has 1 atom stereocenters. The Morgan fingerprint density at radius 2 is 1.55 bits per heavy atom. The standard InChI is InChI=1S/C24H22FNO3/c1-28-18-13-17(14-19(15-18)29-2)24(27)26-12-11-16-7-3-4-8-20(16)23(26)21-9-5-6-10-22(21)25/h3-10,13-15,23H,11-12H2,1-2H3. The maximum absolute atomic E-state index is 14.8. The van der Waals surface area contributed by atoms with Gasteiger partial charge in [0.15, 0.2) is 0 Å². The molecule has 1 heterocycles. The fraction of sp³-hybridized carbons (Fsp3) is 0.208. The fourth-order valence-electron chi connectivity index (χ4n) is 3.91. The first-order chi connectivity index (χ1) is 14.1. The zero-order chi connectivity index (χ0) is 20.4. The summed E-state index contributed by atoms with van der Waals surface area (Å²) in [6, 6.07) is 19.1. The second kappa shape index (κ2) is 7.95. The highest BCUT2D eigenvalue weighted by Crippen LogP contribution is 2.37. The zero-order valence-electron chi connectivity index (χ0n) is 16.4. The predicted octanol–water partition coefficient (Wildman–Crippen LogP) is 4.63. The second-order valence-corrected chi connectivity index (χ2v) is 6.97. The molecular formula is C24H22FNO3. The predicted molar refractivity (Wildman–Crippen MR) is 109 cm³/mol. The third kappa shape index (κ3) is 3.56. The van der Waals surface area contributed by atoms with Gasteiger partial charge in [0.05, 0.1) is 20.3 Å². The normalized spacial score (nSPS) is 15.6. The maximum Gasteiger partial charge on any atom is 0.254 e. The van der Waals surface area contributed by atoms with Crippen LogP contribution >= 0.6 is 0 Å². The molecule has 3 aromatic carbocycles. The first kappa shape index (κ1) is 19.0. The first-order valence-electron chi connectivity index (χ1n) is 9.48. The third-order valence-electron chi connectivity index (χ3n) is 5.34. The Balaban J connectivity index is 1.82. The lowest BCUT2D eigenvalue weighted by atomic mass is 9.87. The molecule has 0 radical (unpaired) electrons. The number of amides is 1. The van der Waals surface area contributed by atoms with Crippen molar-refractivity contribution in [2.75, 3.05) is 20.8 Å². The third-order valence-corrected chi connectivity index (χ3v) is 5.34. The number of nitrogens with zero attached hydrogens (tertiary/aromatic N) is 1. The van der Waals surface area contributed by atoms with Gasteiger partial charge < -0.3 is 14.4 Å². The second-order valence-electron chi connectivity index (χ2n) is 6.97. The first-order valence-corrected chi connectivity index (χ1v) is 9.48. The Hall–Kier alpha value is -3.34. The summed E-state index contributed by atoms with van der Waals surface area (Å²) >= 11 is 0. The zero-order valence-corrected chi connectivity index (χ0v) is 16.4. The van der Waals surface area contributed by atoms with Gasteiger partial charge >= 0.3 is 0 Å². The smallest absolute Gasteiger partial charge is 0.254 e. The highest BCUT2D eigenvalue weighted by atomic mass is 19.1. The van der Waals surface area contributed by atoms with Crippen LogP contribution < -0.4 is 9.47 Å². The van der Waals surface area contributed by atoms with E-state index in [1.165, 1.54) is 6.07 Å². The average molecular weight is 391 g/mol. The van der Waals surface area contributed by atoms with Crippen LogP contribution in [-0.4, -0.2) is 31.6 Å². The fourth-order valence-corrected chi connectivity index (χ4v) is 3.91. The van der Waals surface area contributed by atoms with Crippen molar-refractivity contribution in [3.8, 4) is 11.5 Å². The summed E-state index contributed by atoms with van der Waals surface area (Å²) in [5.41, 5.74) is 3.02. The van der Waals surface area contributed by atoms with Gasteiger partial charge in [0.25, 0.3) is 5.91 Å². The molecule has 1 unspecified atom stereocenters. The number of carbonyl (C=O) groups excluding carboxylic acids is 1. The summed E-state index contributed by atoms with van der Waals surface area (Å²) in [6.45, 7) is 0.494. The largest absolute Gasteiger partial charge is 0.497 e. The van der Waals surface area contributed by atoms with Crippen LogP contribution in [0.25, 0.3) is 0 Å². The molecule has 0 N–H and O–H groups in total. The van der Waals surface area contributed by atoms with Crippen LogP contribution in [0.2, 0.25) is 0 Å². The molecular weight excluding hydrogens is 369 g/mol. The average Bonchev–Trinajstić information content (AvgIpc) is 2.78. The molecule has 4 rings (SSSR count). The minimum absolute atomic E-state index is 0.190. The van der Waals surface area contributed by atoms with Crippen molar-refractivity contribution in [2.24, 2.45) is 0 Å². The lowest BCUT2D eigenvalue weighted by molar-refractivity contribution is 0.0691. The van der Waals surface area contributed by atoms with Gasteiger partial charge in [-0.25, -0.2) is 4.39 Å². The minimum Gasteiger partial charge on any atom is -0.497 e. The summed E-state index contributed by atoms with van der Waals surface area (Å²) in [5.74, 6) is 0.556. The molecule has 3 aromatic rings. The van der Waals surface area contributed by atoms with Gasteiger partial charge in [0, 0.05) is 23.7 Å². The van der Waals surface area contributed by atoms with Gasteiger partial charge in [-0.3, -0.25) is 4.79 Å². The Bertz CT molecular complexity index is 1030. The maximum atomic E-state index is 14.8. The molecule has 1 aliphatic heterocycles. The molecule has 1 aliphatic rings. The summed E-state index contributed by atoms with van der Waals surface area (Å²) in [6.07, 6.45) is 0.716. The Labute approximate surface area is 169 Å². The molecule has 0 fully saturated rings. The van der Waals surface area contributed by atoms with E-state index in [2.05, 4.69) is 0 Å². The van der Waals surface area contributed by atoms with Crippen molar-refractivity contribution < 1.29 is 18.7 Å². The van der Waals surface area contributed by atoms with E-state index in [0.29, 0.717) is 35.6 Å². The van der Waals surface area contributed by atoms with E-state index in [0.717, 1.165) is 11.1 Å². The van der Waals surface area contributed by atoms with E-state index in [-0.39, 0.29) is 11.7 Å². The molecule has 0 saturated carbocycles. The Kier molecular flexibility index (Phi) is 5.21. The van der Waals surface area contributed by atoms with Crippen molar-refractivity contribution in [1.29, 1.82) is 0 Å². The number of hydrogen-bond donors (Lipinski definition) is 0. The molecule has 0 spiro atoms. The number of fused-ring (bicyclic) bond motifs is 1. The van der Waals surface area contributed by atoms with E-state index in [4.69, 9.17) is 9.47 Å². The monoisotopic (exact) mass is 391 g/mol. The van der Waals surface area contributed by atoms with Gasteiger partial charge in [-0.15, -0.1) is 0 Å². The quantitative estimate of drug-likeness (QED) is 0.651. The van der Waals surface area contributed by atoms with E-state index in [9.17, 15) is 9.18 Å². The van der Waals surface area contributed by atoms with E-state index < -0.39 is 6.04 Å². The van der Waals surface area contributed by atoms with Crippen molar-refractivity contribution in [2.45, 2.75) is 12.5 Å². The SMILES string of the molecule is COc1cc(OC)cc(C(=O)N2CCc3ccccc3C2c2ccccc2F)c1. The van der Waals surface area contributed by atoms with Gasteiger partial charge in [-0.05, 0) is 35.7 Å². The highest BCUT2D eigenvalue weighted by Gasteiger charge is 2.34. The van der Waals surface area contributed by atoms with Crippen LogP contribution in [-0.2, 0) is 6.42 Å². The van der Waals surface area contributed by atoms with Crippen LogP contribution in [0.1, 0.15) is 33.1 Å². The van der Waals surface area contributed by atoms with Crippen LogP contribution in [0.4, 0.5) is 4.39 Å². The molecule has 148 valence electrons. The van der Waals surface area contributed by atoms with Crippen molar-refractivity contribution in [1.82, 2.24) is 4.90 Å². The van der Waals surface area contributed by atoms with Gasteiger partial charge in [-0.1, -0.05) is 42.5 Å². The van der Waals surface area contributed by atoms with Crippen LogP contribution in [0, 0.1) is 5.82 Å². The molecule has 0 aromatic heterocycles. The molecule has 1 amide bonds. The molecule has 0 bridgehead atoms. The lowest BCUT2D eigenvalue weighted by Crippen LogP contribution is -2.41. The molecule has 29 heavy (non-hydrogen) atoms. The molecule has 4 nitrogen and oxygen atoms in total. The van der Waals surface area contributed by atoms with Crippen molar-refractivity contribution in [3.05, 3.63) is 94.8 Å². The number of benzene rings is 3. The molecule has 0 aliphatic carbocycles.